The summed E-state index contributed by atoms with van der Waals surface area (Å²) in [4.78, 5) is 35.8. The summed E-state index contributed by atoms with van der Waals surface area (Å²) in [5.74, 6) is -0.994. The van der Waals surface area contributed by atoms with Crippen molar-refractivity contribution in [3.8, 4) is 0 Å². The molecule has 1 atom stereocenters. The van der Waals surface area contributed by atoms with Crippen molar-refractivity contribution in [1.29, 1.82) is 0 Å². The van der Waals surface area contributed by atoms with Crippen molar-refractivity contribution in [2.45, 2.75) is 45.6 Å². The standard InChI is InChI=1S/C23H28N2O4/c1-3-18-10-7-8-13-20(18)25-21(26)14-9-15-23(28)29-16-22(27)24-17(2)19-11-5-4-6-12-19/h4-8,10-13,17H,3,9,14-16H2,1-2H3,(H,24,27)(H,25,26)/t17-/m0/s1. The molecule has 2 N–H and O–H groups in total. The number of para-hydroxylation sites is 1. The molecule has 0 aliphatic carbocycles. The Bertz CT molecular complexity index is 821. The number of nitrogens with one attached hydrogen (secondary N) is 2. The Kier molecular flexibility index (Phi) is 8.89. The van der Waals surface area contributed by atoms with Gasteiger partial charge in [-0.3, -0.25) is 14.4 Å². The molecule has 0 aliphatic rings. The van der Waals surface area contributed by atoms with Gasteiger partial charge in [-0.25, -0.2) is 0 Å². The van der Waals surface area contributed by atoms with Crippen LogP contribution in [0.3, 0.4) is 0 Å². The van der Waals surface area contributed by atoms with Crippen LogP contribution in [0, 0.1) is 0 Å². The minimum absolute atomic E-state index is 0.0877. The van der Waals surface area contributed by atoms with E-state index in [0.29, 0.717) is 6.42 Å². The molecule has 0 spiro atoms. The van der Waals surface area contributed by atoms with Crippen molar-refractivity contribution in [3.63, 3.8) is 0 Å². The van der Waals surface area contributed by atoms with E-state index in [-0.39, 0.29) is 37.3 Å². The first-order valence-corrected chi connectivity index (χ1v) is 9.87. The number of hydrogen-bond donors (Lipinski definition) is 2. The van der Waals surface area contributed by atoms with Crippen molar-refractivity contribution >= 4 is 23.5 Å². The van der Waals surface area contributed by atoms with Gasteiger partial charge in [-0.1, -0.05) is 55.5 Å². The van der Waals surface area contributed by atoms with Gasteiger partial charge in [0.1, 0.15) is 0 Å². The number of aryl methyl sites for hydroxylation is 1. The molecule has 0 heterocycles. The van der Waals surface area contributed by atoms with Crippen molar-refractivity contribution in [3.05, 3.63) is 65.7 Å². The number of carbonyl (C=O) groups excluding carboxylic acids is 3. The monoisotopic (exact) mass is 396 g/mol. The lowest BCUT2D eigenvalue weighted by atomic mass is 10.1. The summed E-state index contributed by atoms with van der Waals surface area (Å²) in [5, 5.41) is 5.65. The van der Waals surface area contributed by atoms with Crippen LogP contribution in [0.15, 0.2) is 54.6 Å². The van der Waals surface area contributed by atoms with Gasteiger partial charge < -0.3 is 15.4 Å². The van der Waals surface area contributed by atoms with Crippen molar-refractivity contribution in [1.82, 2.24) is 5.32 Å². The Morgan fingerprint density at radius 3 is 2.34 bits per heavy atom. The zero-order valence-electron chi connectivity index (χ0n) is 16.9. The number of carbonyl (C=O) groups is 3. The molecule has 2 aromatic carbocycles. The molecular formula is C23H28N2O4. The van der Waals surface area contributed by atoms with Crippen LogP contribution in [0.1, 0.15) is 50.3 Å². The van der Waals surface area contributed by atoms with Gasteiger partial charge in [-0.2, -0.15) is 0 Å². The number of hydrogen-bond acceptors (Lipinski definition) is 4. The van der Waals surface area contributed by atoms with Crippen LogP contribution in [-0.4, -0.2) is 24.4 Å². The molecule has 0 bridgehead atoms. The molecule has 0 aromatic heterocycles. The molecule has 0 saturated carbocycles. The number of ether oxygens (including phenoxy) is 1. The Morgan fingerprint density at radius 1 is 0.931 bits per heavy atom. The van der Waals surface area contributed by atoms with Crippen LogP contribution in [0.2, 0.25) is 0 Å². The first-order chi connectivity index (χ1) is 14.0. The lowest BCUT2D eigenvalue weighted by molar-refractivity contribution is -0.148. The van der Waals surface area contributed by atoms with Crippen LogP contribution in [0.25, 0.3) is 0 Å². The smallest absolute Gasteiger partial charge is 0.306 e. The summed E-state index contributed by atoms with van der Waals surface area (Å²) in [5.41, 5.74) is 2.84. The second-order valence-electron chi connectivity index (χ2n) is 6.77. The van der Waals surface area contributed by atoms with Gasteiger partial charge in [-0.05, 0) is 37.0 Å². The molecule has 2 amide bonds. The number of benzene rings is 2. The summed E-state index contributed by atoms with van der Waals surface area (Å²) < 4.78 is 4.99. The second-order valence-corrected chi connectivity index (χ2v) is 6.77. The number of rotatable bonds is 10. The minimum atomic E-state index is -0.491. The average Bonchev–Trinajstić information content (AvgIpc) is 2.73. The fourth-order valence-corrected chi connectivity index (χ4v) is 2.88. The van der Waals surface area contributed by atoms with E-state index in [9.17, 15) is 14.4 Å². The van der Waals surface area contributed by atoms with Gasteiger partial charge in [-0.15, -0.1) is 0 Å². The topological polar surface area (TPSA) is 84.5 Å². The summed E-state index contributed by atoms with van der Waals surface area (Å²) in [6.45, 7) is 3.56. The first kappa shape index (κ1) is 22.1. The maximum Gasteiger partial charge on any atom is 0.306 e. The normalized spacial score (nSPS) is 11.4. The highest BCUT2D eigenvalue weighted by Gasteiger charge is 2.12. The summed E-state index contributed by atoms with van der Waals surface area (Å²) in [6, 6.07) is 17.0. The number of esters is 1. The van der Waals surface area contributed by atoms with Crippen molar-refractivity contribution in [2.75, 3.05) is 11.9 Å². The van der Waals surface area contributed by atoms with E-state index in [0.717, 1.165) is 23.2 Å². The van der Waals surface area contributed by atoms with E-state index < -0.39 is 5.97 Å². The maximum atomic E-state index is 12.1. The van der Waals surface area contributed by atoms with Gasteiger partial charge in [0.25, 0.3) is 5.91 Å². The molecule has 0 saturated heterocycles. The van der Waals surface area contributed by atoms with Gasteiger partial charge in [0.2, 0.25) is 5.91 Å². The van der Waals surface area contributed by atoms with E-state index in [4.69, 9.17) is 4.74 Å². The fourth-order valence-electron chi connectivity index (χ4n) is 2.88. The first-order valence-electron chi connectivity index (χ1n) is 9.87. The van der Waals surface area contributed by atoms with Crippen LogP contribution in [0.5, 0.6) is 0 Å². The van der Waals surface area contributed by atoms with E-state index in [1.54, 1.807) is 0 Å². The van der Waals surface area contributed by atoms with Gasteiger partial charge >= 0.3 is 5.97 Å². The predicted molar refractivity (Wildman–Crippen MR) is 112 cm³/mol. The molecule has 0 unspecified atom stereocenters. The maximum absolute atomic E-state index is 12.1. The average molecular weight is 396 g/mol. The van der Waals surface area contributed by atoms with Gasteiger partial charge in [0.05, 0.1) is 6.04 Å². The molecule has 6 heteroatoms. The Labute approximate surface area is 171 Å². The third-order valence-corrected chi connectivity index (χ3v) is 4.50. The highest BCUT2D eigenvalue weighted by Crippen LogP contribution is 2.16. The third-order valence-electron chi connectivity index (χ3n) is 4.50. The summed E-state index contributed by atoms with van der Waals surface area (Å²) in [6.07, 6.45) is 1.49. The summed E-state index contributed by atoms with van der Waals surface area (Å²) >= 11 is 0. The number of anilines is 1. The van der Waals surface area contributed by atoms with Crippen LogP contribution in [0.4, 0.5) is 5.69 Å². The summed E-state index contributed by atoms with van der Waals surface area (Å²) in [7, 11) is 0. The van der Waals surface area contributed by atoms with E-state index in [1.165, 1.54) is 0 Å². The quantitative estimate of drug-likeness (QED) is 0.599. The SMILES string of the molecule is CCc1ccccc1NC(=O)CCCC(=O)OCC(=O)N[C@@H](C)c1ccccc1. The lowest BCUT2D eigenvalue weighted by Gasteiger charge is -2.14. The molecule has 0 aliphatic heterocycles. The molecule has 154 valence electrons. The zero-order chi connectivity index (χ0) is 21.1. The molecule has 0 radical (unpaired) electrons. The molecule has 0 fully saturated rings. The second kappa shape index (κ2) is 11.6. The highest BCUT2D eigenvalue weighted by atomic mass is 16.5. The van der Waals surface area contributed by atoms with Gasteiger partial charge in [0, 0.05) is 18.5 Å². The van der Waals surface area contributed by atoms with Crippen LogP contribution in [-0.2, 0) is 25.5 Å². The molecule has 2 rings (SSSR count). The number of amides is 2. The molecule has 2 aromatic rings. The third kappa shape index (κ3) is 7.78. The molecule has 6 nitrogen and oxygen atoms in total. The predicted octanol–water partition coefficient (Wildman–Crippen LogP) is 3.78. The fraction of sp³-hybridized carbons (Fsp3) is 0.348. The zero-order valence-corrected chi connectivity index (χ0v) is 16.9. The lowest BCUT2D eigenvalue weighted by Crippen LogP contribution is -2.31. The minimum Gasteiger partial charge on any atom is -0.456 e. The van der Waals surface area contributed by atoms with E-state index in [2.05, 4.69) is 10.6 Å². The highest BCUT2D eigenvalue weighted by molar-refractivity contribution is 5.91. The van der Waals surface area contributed by atoms with E-state index in [1.807, 2.05) is 68.4 Å². The Hall–Kier alpha value is -3.15. The Balaban J connectivity index is 1.64. The molecule has 29 heavy (non-hydrogen) atoms. The van der Waals surface area contributed by atoms with Crippen LogP contribution < -0.4 is 10.6 Å². The van der Waals surface area contributed by atoms with Crippen molar-refractivity contribution < 1.29 is 19.1 Å². The van der Waals surface area contributed by atoms with E-state index >= 15 is 0 Å². The molecular weight excluding hydrogens is 368 g/mol. The largest absolute Gasteiger partial charge is 0.456 e. The van der Waals surface area contributed by atoms with Crippen LogP contribution >= 0.6 is 0 Å². The van der Waals surface area contributed by atoms with Crippen molar-refractivity contribution in [2.24, 2.45) is 0 Å². The Morgan fingerprint density at radius 2 is 1.62 bits per heavy atom. The van der Waals surface area contributed by atoms with Gasteiger partial charge in [0.15, 0.2) is 6.61 Å².